The number of nitrogens with one attached hydrogen (secondary N) is 1. The van der Waals surface area contributed by atoms with E-state index in [-0.39, 0.29) is 5.91 Å². The van der Waals surface area contributed by atoms with Crippen molar-refractivity contribution < 1.29 is 9.53 Å². The molecule has 1 saturated heterocycles. The number of carbonyl (C=O) groups is 1. The van der Waals surface area contributed by atoms with E-state index in [0.29, 0.717) is 5.56 Å². The molecule has 6 heteroatoms. The third kappa shape index (κ3) is 4.38. The van der Waals surface area contributed by atoms with Gasteiger partial charge in [-0.15, -0.1) is 0 Å². The minimum atomic E-state index is -0.152. The Morgan fingerprint density at radius 3 is 2.41 bits per heavy atom. The minimum Gasteiger partial charge on any atom is -0.378 e. The highest BCUT2D eigenvalue weighted by molar-refractivity contribution is 9.10. The van der Waals surface area contributed by atoms with Crippen LogP contribution in [-0.2, 0) is 4.74 Å². The zero-order chi connectivity index (χ0) is 21.9. The van der Waals surface area contributed by atoms with Crippen LogP contribution in [0.1, 0.15) is 10.4 Å². The molecule has 5 nitrogen and oxygen atoms in total. The van der Waals surface area contributed by atoms with Gasteiger partial charge in [-0.2, -0.15) is 0 Å². The van der Waals surface area contributed by atoms with E-state index in [9.17, 15) is 4.79 Å². The summed E-state index contributed by atoms with van der Waals surface area (Å²) in [5.74, 6) is -0.152. The first-order valence-corrected chi connectivity index (χ1v) is 11.4. The van der Waals surface area contributed by atoms with E-state index < -0.39 is 0 Å². The van der Waals surface area contributed by atoms with E-state index in [4.69, 9.17) is 9.72 Å². The number of benzene rings is 3. The predicted octanol–water partition coefficient (Wildman–Crippen LogP) is 5.75. The van der Waals surface area contributed by atoms with Gasteiger partial charge in [0.1, 0.15) is 0 Å². The van der Waals surface area contributed by atoms with Crippen molar-refractivity contribution in [3.05, 3.63) is 88.9 Å². The van der Waals surface area contributed by atoms with Gasteiger partial charge in [0.15, 0.2) is 0 Å². The average Bonchev–Trinajstić information content (AvgIpc) is 2.85. The van der Waals surface area contributed by atoms with E-state index in [1.807, 2.05) is 78.9 Å². The van der Waals surface area contributed by atoms with Crippen molar-refractivity contribution in [2.75, 3.05) is 36.5 Å². The van der Waals surface area contributed by atoms with Crippen molar-refractivity contribution in [1.29, 1.82) is 0 Å². The quantitative estimate of drug-likeness (QED) is 0.397. The number of rotatable bonds is 4. The maximum absolute atomic E-state index is 13.3. The van der Waals surface area contributed by atoms with Gasteiger partial charge in [0.05, 0.1) is 30.0 Å². The fourth-order valence-corrected chi connectivity index (χ4v) is 4.17. The fourth-order valence-electron chi connectivity index (χ4n) is 3.91. The number of hydrogen-bond donors (Lipinski definition) is 1. The maximum atomic E-state index is 13.3. The largest absolute Gasteiger partial charge is 0.378 e. The summed E-state index contributed by atoms with van der Waals surface area (Å²) in [7, 11) is 0. The average molecular weight is 488 g/mol. The molecule has 32 heavy (non-hydrogen) atoms. The topological polar surface area (TPSA) is 54.5 Å². The Kier molecular flexibility index (Phi) is 5.88. The molecule has 1 fully saturated rings. The van der Waals surface area contributed by atoms with Gasteiger partial charge in [0.2, 0.25) is 0 Å². The van der Waals surface area contributed by atoms with Gasteiger partial charge in [0, 0.05) is 39.9 Å². The SMILES string of the molecule is O=C(Nc1ccc(N2CCOCC2)cc1)c1cc(-c2ccc(Br)cc2)nc2ccccc12. The highest BCUT2D eigenvalue weighted by Crippen LogP contribution is 2.27. The summed E-state index contributed by atoms with van der Waals surface area (Å²) in [4.78, 5) is 20.3. The molecule has 0 unspecified atom stereocenters. The summed E-state index contributed by atoms with van der Waals surface area (Å²) in [6.45, 7) is 3.25. The van der Waals surface area contributed by atoms with Gasteiger partial charge < -0.3 is 15.0 Å². The molecule has 1 amide bonds. The van der Waals surface area contributed by atoms with Crippen LogP contribution in [0, 0.1) is 0 Å². The van der Waals surface area contributed by atoms with Crippen molar-refractivity contribution in [2.24, 2.45) is 0 Å². The highest BCUT2D eigenvalue weighted by atomic mass is 79.9. The Balaban J connectivity index is 1.44. The smallest absolute Gasteiger partial charge is 0.256 e. The molecule has 0 saturated carbocycles. The molecule has 0 bridgehead atoms. The fraction of sp³-hybridized carbons (Fsp3) is 0.154. The van der Waals surface area contributed by atoms with Gasteiger partial charge >= 0.3 is 0 Å². The Morgan fingerprint density at radius 2 is 1.66 bits per heavy atom. The van der Waals surface area contributed by atoms with E-state index in [0.717, 1.165) is 64.3 Å². The summed E-state index contributed by atoms with van der Waals surface area (Å²) in [6.07, 6.45) is 0. The number of aromatic nitrogens is 1. The lowest BCUT2D eigenvalue weighted by molar-refractivity contribution is 0.102. The number of halogens is 1. The molecule has 4 aromatic rings. The predicted molar refractivity (Wildman–Crippen MR) is 132 cm³/mol. The summed E-state index contributed by atoms with van der Waals surface area (Å²) >= 11 is 3.47. The maximum Gasteiger partial charge on any atom is 0.256 e. The molecule has 1 aliphatic rings. The summed E-state index contributed by atoms with van der Waals surface area (Å²) < 4.78 is 6.42. The first-order chi connectivity index (χ1) is 15.7. The second-order valence-corrected chi connectivity index (χ2v) is 8.60. The number of hydrogen-bond acceptors (Lipinski definition) is 4. The van der Waals surface area contributed by atoms with Crippen LogP contribution in [0.15, 0.2) is 83.3 Å². The third-order valence-electron chi connectivity index (χ3n) is 5.60. The first-order valence-electron chi connectivity index (χ1n) is 10.6. The molecule has 0 atom stereocenters. The molecule has 160 valence electrons. The zero-order valence-electron chi connectivity index (χ0n) is 17.4. The molecular weight excluding hydrogens is 466 g/mol. The van der Waals surface area contributed by atoms with E-state index in [1.54, 1.807) is 0 Å². The Bertz CT molecular complexity index is 1250. The molecule has 3 aromatic carbocycles. The van der Waals surface area contributed by atoms with Gasteiger partial charge in [-0.25, -0.2) is 4.98 Å². The normalized spacial score (nSPS) is 13.8. The van der Waals surface area contributed by atoms with Crippen molar-refractivity contribution >= 4 is 44.1 Å². The number of carbonyl (C=O) groups excluding carboxylic acids is 1. The number of amides is 1. The van der Waals surface area contributed by atoms with Crippen molar-refractivity contribution in [3.63, 3.8) is 0 Å². The number of anilines is 2. The van der Waals surface area contributed by atoms with Crippen LogP contribution < -0.4 is 10.2 Å². The number of pyridine rings is 1. The molecule has 0 aliphatic carbocycles. The number of ether oxygens (including phenoxy) is 1. The molecule has 1 N–H and O–H groups in total. The number of morpholine rings is 1. The lowest BCUT2D eigenvalue weighted by Gasteiger charge is -2.28. The number of nitrogens with zero attached hydrogens (tertiary/aromatic N) is 2. The first kappa shape index (κ1) is 20.7. The molecule has 0 spiro atoms. The number of para-hydroxylation sites is 1. The van der Waals surface area contributed by atoms with Gasteiger partial charge in [-0.05, 0) is 48.5 Å². The lowest BCUT2D eigenvalue weighted by Crippen LogP contribution is -2.36. The third-order valence-corrected chi connectivity index (χ3v) is 6.13. The summed E-state index contributed by atoms with van der Waals surface area (Å²) in [6, 6.07) is 25.5. The van der Waals surface area contributed by atoms with Crippen LogP contribution in [0.3, 0.4) is 0 Å². The highest BCUT2D eigenvalue weighted by Gasteiger charge is 2.15. The molecule has 2 heterocycles. The molecule has 1 aromatic heterocycles. The van der Waals surface area contributed by atoms with Crippen LogP contribution >= 0.6 is 15.9 Å². The van der Waals surface area contributed by atoms with Crippen molar-refractivity contribution in [3.8, 4) is 11.3 Å². The van der Waals surface area contributed by atoms with Crippen LogP contribution in [0.4, 0.5) is 11.4 Å². The van der Waals surface area contributed by atoms with Gasteiger partial charge in [-0.1, -0.05) is 46.3 Å². The van der Waals surface area contributed by atoms with Crippen molar-refractivity contribution in [1.82, 2.24) is 4.98 Å². The molecule has 5 rings (SSSR count). The minimum absolute atomic E-state index is 0.152. The van der Waals surface area contributed by atoms with Gasteiger partial charge in [0.25, 0.3) is 5.91 Å². The Hall–Kier alpha value is -3.22. The second kappa shape index (κ2) is 9.10. The van der Waals surface area contributed by atoms with Crippen LogP contribution in [0.2, 0.25) is 0 Å². The Labute approximate surface area is 195 Å². The molecule has 1 aliphatic heterocycles. The van der Waals surface area contributed by atoms with Crippen LogP contribution in [0.25, 0.3) is 22.2 Å². The zero-order valence-corrected chi connectivity index (χ0v) is 19.0. The summed E-state index contributed by atoms with van der Waals surface area (Å²) in [5.41, 5.74) is 5.02. The lowest BCUT2D eigenvalue weighted by atomic mass is 10.0. The van der Waals surface area contributed by atoms with Crippen LogP contribution in [0.5, 0.6) is 0 Å². The van der Waals surface area contributed by atoms with E-state index in [2.05, 4.69) is 26.1 Å². The van der Waals surface area contributed by atoms with Gasteiger partial charge in [-0.3, -0.25) is 4.79 Å². The molecular formula is C26H22BrN3O2. The van der Waals surface area contributed by atoms with E-state index in [1.165, 1.54) is 0 Å². The van der Waals surface area contributed by atoms with Crippen molar-refractivity contribution in [2.45, 2.75) is 0 Å². The standard InChI is InChI=1S/C26H22BrN3O2/c27-19-7-5-18(6-8-19)25-17-23(22-3-1-2-4-24(22)29-25)26(31)28-20-9-11-21(12-10-20)30-13-15-32-16-14-30/h1-12,17H,13-16H2,(H,28,31). The molecule has 0 radical (unpaired) electrons. The van der Waals surface area contributed by atoms with E-state index >= 15 is 0 Å². The van der Waals surface area contributed by atoms with Crippen LogP contribution in [-0.4, -0.2) is 37.2 Å². The second-order valence-electron chi connectivity index (χ2n) is 7.68. The number of fused-ring (bicyclic) bond motifs is 1. The summed E-state index contributed by atoms with van der Waals surface area (Å²) in [5, 5.41) is 3.88. The Morgan fingerprint density at radius 1 is 0.938 bits per heavy atom. The monoisotopic (exact) mass is 487 g/mol.